The highest BCUT2D eigenvalue weighted by atomic mass is 16.5. The minimum atomic E-state index is 0.502. The summed E-state index contributed by atoms with van der Waals surface area (Å²) in [6.45, 7) is 4.05. The first-order chi connectivity index (χ1) is 12.3. The molecule has 1 aromatic carbocycles. The van der Waals surface area contributed by atoms with Gasteiger partial charge in [0.2, 0.25) is 0 Å². The maximum Gasteiger partial charge on any atom is 0.161 e. The van der Waals surface area contributed by atoms with Crippen molar-refractivity contribution in [3.63, 3.8) is 0 Å². The molecule has 0 atom stereocenters. The molecule has 4 rings (SSSR count). The van der Waals surface area contributed by atoms with Crippen LogP contribution in [0.2, 0.25) is 0 Å². The molecule has 2 N–H and O–H groups in total. The molecule has 2 aromatic rings. The number of rotatable bonds is 4. The molecule has 6 heteroatoms. The highest BCUT2D eigenvalue weighted by Gasteiger charge is 2.26. The maximum absolute atomic E-state index is 5.48. The van der Waals surface area contributed by atoms with Crippen molar-refractivity contribution in [1.82, 2.24) is 20.4 Å². The molecule has 0 aliphatic carbocycles. The van der Waals surface area contributed by atoms with E-state index in [0.29, 0.717) is 6.04 Å². The van der Waals surface area contributed by atoms with E-state index in [0.717, 1.165) is 68.2 Å². The molecular weight excluding hydrogens is 316 g/mol. The van der Waals surface area contributed by atoms with E-state index >= 15 is 0 Å². The third kappa shape index (κ3) is 3.00. The summed E-state index contributed by atoms with van der Waals surface area (Å²) in [5, 5.41) is 12.0. The Balaban J connectivity index is 1.78. The molecule has 134 valence electrons. The molecule has 3 heterocycles. The van der Waals surface area contributed by atoms with Gasteiger partial charge in [-0.25, -0.2) is 0 Å². The number of piperidine rings is 1. The van der Waals surface area contributed by atoms with Crippen LogP contribution in [-0.2, 0) is 13.0 Å². The summed E-state index contributed by atoms with van der Waals surface area (Å²) in [5.74, 6) is 1.49. The van der Waals surface area contributed by atoms with Crippen LogP contribution in [0.5, 0.6) is 11.5 Å². The Labute approximate surface area is 148 Å². The van der Waals surface area contributed by atoms with Gasteiger partial charge in [0, 0.05) is 36.3 Å². The van der Waals surface area contributed by atoms with Crippen LogP contribution in [0.3, 0.4) is 0 Å². The maximum atomic E-state index is 5.48. The lowest BCUT2D eigenvalue weighted by Crippen LogP contribution is -2.32. The highest BCUT2D eigenvalue weighted by molar-refractivity contribution is 5.68. The number of methoxy groups -OCH3 is 2. The average molecular weight is 342 g/mol. The fraction of sp³-hybridized carbons (Fsp3) is 0.526. The lowest BCUT2D eigenvalue weighted by Gasteiger charge is -2.26. The summed E-state index contributed by atoms with van der Waals surface area (Å²) in [4.78, 5) is 0. The molecule has 0 radical (unpaired) electrons. The second-order valence-electron chi connectivity index (χ2n) is 6.70. The normalized spacial score (nSPS) is 18.0. The van der Waals surface area contributed by atoms with E-state index < -0.39 is 0 Å². The Bertz CT molecular complexity index is 750. The minimum absolute atomic E-state index is 0.502. The fourth-order valence-corrected chi connectivity index (χ4v) is 3.94. The van der Waals surface area contributed by atoms with Gasteiger partial charge in [-0.1, -0.05) is 0 Å². The van der Waals surface area contributed by atoms with Crippen LogP contribution in [0.15, 0.2) is 18.2 Å². The van der Waals surface area contributed by atoms with Crippen LogP contribution in [0.25, 0.3) is 11.3 Å². The molecule has 2 aliphatic heterocycles. The van der Waals surface area contributed by atoms with E-state index in [1.807, 2.05) is 12.1 Å². The molecular formula is C19H26N4O2. The standard InChI is InChI=1S/C19H26N4O2/c1-24-17-4-3-13(11-18(17)25-2)19-15-12-21-10-7-16(15)23(22-19)14-5-8-20-9-6-14/h3-4,11,14,20-21H,5-10,12H2,1-2H3. The summed E-state index contributed by atoms with van der Waals surface area (Å²) in [5.41, 5.74) is 4.89. The Hall–Kier alpha value is -2.05. The number of hydrogen-bond donors (Lipinski definition) is 2. The number of aromatic nitrogens is 2. The number of nitrogens with zero attached hydrogens (tertiary/aromatic N) is 2. The smallest absolute Gasteiger partial charge is 0.161 e. The quantitative estimate of drug-likeness (QED) is 0.891. The lowest BCUT2D eigenvalue weighted by molar-refractivity contribution is 0.333. The molecule has 1 aromatic heterocycles. The van der Waals surface area contributed by atoms with Gasteiger partial charge in [-0.2, -0.15) is 5.10 Å². The Morgan fingerprint density at radius 2 is 1.84 bits per heavy atom. The molecule has 0 saturated carbocycles. The first-order valence-corrected chi connectivity index (χ1v) is 9.06. The monoisotopic (exact) mass is 342 g/mol. The van der Waals surface area contributed by atoms with E-state index in [9.17, 15) is 0 Å². The average Bonchev–Trinajstić information content (AvgIpc) is 3.08. The summed E-state index contributed by atoms with van der Waals surface area (Å²) in [7, 11) is 3.33. The van der Waals surface area contributed by atoms with E-state index in [4.69, 9.17) is 14.6 Å². The van der Waals surface area contributed by atoms with Gasteiger partial charge in [-0.15, -0.1) is 0 Å². The summed E-state index contributed by atoms with van der Waals surface area (Å²) >= 11 is 0. The molecule has 2 aliphatic rings. The molecule has 6 nitrogen and oxygen atoms in total. The molecule has 25 heavy (non-hydrogen) atoms. The van der Waals surface area contributed by atoms with Crippen LogP contribution < -0.4 is 20.1 Å². The predicted octanol–water partition coefficient (Wildman–Crippen LogP) is 2.14. The van der Waals surface area contributed by atoms with Crippen LogP contribution in [0.4, 0.5) is 0 Å². The first-order valence-electron chi connectivity index (χ1n) is 9.06. The number of fused-ring (bicyclic) bond motifs is 1. The largest absolute Gasteiger partial charge is 0.493 e. The highest BCUT2D eigenvalue weighted by Crippen LogP contribution is 2.36. The topological polar surface area (TPSA) is 60.3 Å². The van der Waals surface area contributed by atoms with Crippen molar-refractivity contribution in [3.8, 4) is 22.8 Å². The molecule has 1 fully saturated rings. The molecule has 0 unspecified atom stereocenters. The van der Waals surface area contributed by atoms with Gasteiger partial charge >= 0.3 is 0 Å². The van der Waals surface area contributed by atoms with Crippen LogP contribution in [0.1, 0.15) is 30.1 Å². The third-order valence-electron chi connectivity index (χ3n) is 5.27. The van der Waals surface area contributed by atoms with Crippen molar-refractivity contribution in [2.75, 3.05) is 33.9 Å². The van der Waals surface area contributed by atoms with Gasteiger partial charge in [0.05, 0.1) is 26.0 Å². The molecule has 0 spiro atoms. The SMILES string of the molecule is COc1ccc(-c2nn(C3CCNCC3)c3c2CNCC3)cc1OC. The predicted molar refractivity (Wildman–Crippen MR) is 97.3 cm³/mol. The summed E-state index contributed by atoms with van der Waals surface area (Å²) in [6.07, 6.45) is 3.33. The fourth-order valence-electron chi connectivity index (χ4n) is 3.94. The second-order valence-corrected chi connectivity index (χ2v) is 6.70. The van der Waals surface area contributed by atoms with Crippen molar-refractivity contribution in [1.29, 1.82) is 0 Å². The molecule has 0 bridgehead atoms. The van der Waals surface area contributed by atoms with Crippen LogP contribution in [-0.4, -0.2) is 43.6 Å². The van der Waals surface area contributed by atoms with Crippen molar-refractivity contribution >= 4 is 0 Å². The number of ether oxygens (including phenoxy) is 2. The zero-order valence-electron chi connectivity index (χ0n) is 15.0. The number of benzene rings is 1. The lowest BCUT2D eigenvalue weighted by atomic mass is 10.0. The zero-order valence-corrected chi connectivity index (χ0v) is 15.0. The van der Waals surface area contributed by atoms with E-state index in [1.54, 1.807) is 14.2 Å². The van der Waals surface area contributed by atoms with Crippen molar-refractivity contribution in [2.24, 2.45) is 0 Å². The van der Waals surface area contributed by atoms with E-state index in [2.05, 4.69) is 21.4 Å². The Morgan fingerprint density at radius 3 is 2.60 bits per heavy atom. The van der Waals surface area contributed by atoms with Gasteiger partial charge in [0.15, 0.2) is 11.5 Å². The second kappa shape index (κ2) is 7.06. The van der Waals surface area contributed by atoms with E-state index in [-0.39, 0.29) is 0 Å². The van der Waals surface area contributed by atoms with Crippen LogP contribution >= 0.6 is 0 Å². The van der Waals surface area contributed by atoms with E-state index in [1.165, 1.54) is 11.3 Å². The van der Waals surface area contributed by atoms with Gasteiger partial charge < -0.3 is 20.1 Å². The number of hydrogen-bond acceptors (Lipinski definition) is 5. The Kier molecular flexibility index (Phi) is 4.63. The third-order valence-corrected chi connectivity index (χ3v) is 5.27. The van der Waals surface area contributed by atoms with Gasteiger partial charge in [-0.05, 0) is 44.1 Å². The zero-order chi connectivity index (χ0) is 17.2. The Morgan fingerprint density at radius 1 is 1.04 bits per heavy atom. The summed E-state index contributed by atoms with van der Waals surface area (Å²) in [6, 6.07) is 6.57. The van der Waals surface area contributed by atoms with Crippen molar-refractivity contribution < 1.29 is 9.47 Å². The van der Waals surface area contributed by atoms with Crippen molar-refractivity contribution in [3.05, 3.63) is 29.5 Å². The number of nitrogens with one attached hydrogen (secondary N) is 2. The summed E-state index contributed by atoms with van der Waals surface area (Å²) < 4.78 is 13.2. The van der Waals surface area contributed by atoms with Gasteiger partial charge in [0.25, 0.3) is 0 Å². The van der Waals surface area contributed by atoms with Crippen LogP contribution in [0, 0.1) is 0 Å². The van der Waals surface area contributed by atoms with Gasteiger partial charge in [-0.3, -0.25) is 4.68 Å². The molecule has 0 amide bonds. The minimum Gasteiger partial charge on any atom is -0.493 e. The van der Waals surface area contributed by atoms with Crippen molar-refractivity contribution in [2.45, 2.75) is 31.8 Å². The molecule has 1 saturated heterocycles. The van der Waals surface area contributed by atoms with Gasteiger partial charge in [0.1, 0.15) is 0 Å². The first kappa shape index (κ1) is 16.4.